The summed E-state index contributed by atoms with van der Waals surface area (Å²) in [5.41, 5.74) is 0.628. The molecule has 7 fully saturated rings. The van der Waals surface area contributed by atoms with E-state index in [1.165, 1.54) is 26.5 Å². The Morgan fingerprint density at radius 3 is 1.97 bits per heavy atom. The fourth-order valence-corrected chi connectivity index (χ4v) is 13.2. The van der Waals surface area contributed by atoms with Crippen LogP contribution >= 0.6 is 0 Å². The second-order valence-electron chi connectivity index (χ2n) is 20.9. The van der Waals surface area contributed by atoms with E-state index in [1.54, 1.807) is 6.92 Å². The van der Waals surface area contributed by atoms with E-state index in [4.69, 9.17) is 42.6 Å². The van der Waals surface area contributed by atoms with Gasteiger partial charge in [0.1, 0.15) is 72.9 Å². The number of methoxy groups -OCH3 is 1. The van der Waals surface area contributed by atoms with Gasteiger partial charge in [0.2, 0.25) is 0 Å². The highest BCUT2D eigenvalue weighted by atomic mass is 16.8. The molecule has 4 aliphatic heterocycles. The second kappa shape index (κ2) is 18.9. The molecular formula is C46H72O19. The first kappa shape index (κ1) is 49.7. The molecule has 8 aliphatic rings. The molecule has 3 saturated carbocycles. The maximum absolute atomic E-state index is 13.7. The second-order valence-corrected chi connectivity index (χ2v) is 20.9. The van der Waals surface area contributed by atoms with Crippen molar-refractivity contribution in [3.05, 3.63) is 11.6 Å². The normalized spacial score (nSPS) is 53.4. The quantitative estimate of drug-likeness (QED) is 0.0998. The molecule has 4 heterocycles. The summed E-state index contributed by atoms with van der Waals surface area (Å²) in [6, 6.07) is 0. The number of aliphatic hydroxyl groups is 8. The first-order valence-electron chi connectivity index (χ1n) is 23.6. The molecule has 370 valence electrons. The highest BCUT2D eigenvalue weighted by Crippen LogP contribution is 2.67. The van der Waals surface area contributed by atoms with Gasteiger partial charge >= 0.3 is 5.97 Å². The summed E-state index contributed by atoms with van der Waals surface area (Å²) in [6.07, 6.45) is -15.7. The SMILES string of the molecule is CO[C@]1(C(=O)O[C@H]2C[C@@H]3[C@@H]4CC=C5C[C@@H](O[C@@H]6O[C@H](CO)[C@@H](O[C@@H]7O[C@@H](C)[C@H](O)[C@@H](O)[C@H]7O)[C@H](O)[C@H]6O[C@@H]6O[C@@H](C)[C@H](O)[C@@H](O)[C@H]6O)CC[C@]5(C)[C@H]4CC[C@]3(C)[C@H]2C(C)=O)C[C@H](C)CO1. The lowest BCUT2D eigenvalue weighted by molar-refractivity contribution is -0.388. The van der Waals surface area contributed by atoms with E-state index in [2.05, 4.69) is 19.9 Å². The number of esters is 1. The number of carbonyl (C=O) groups excluding carboxylic acids is 2. The standard InChI is InChI=1S/C46H72O19/c1-19-16-46(57-7,58-18-19)43(56)63-28-15-27-25-9-8-23-14-24(10-12-44(23,5)26(25)11-13-45(27,6)30(28)20(2)48)61-42-39(65-41-36(54)34(52)32(50)22(4)60-41)37(55)38(29(17-47)62-42)64-40-35(53)33(51)31(49)21(3)59-40/h8,19,21-22,24-42,47,49-55H,9-18H2,1-7H3/t19-,21-,22-,24-,25+,26-,27+,28-,29+,30-,31-,32-,33+,34+,35+,36+,37-,38+,39+,40-,41-,42+,44-,45-,46+/m0/s1. The zero-order valence-corrected chi connectivity index (χ0v) is 38.4. The molecular weight excluding hydrogens is 856 g/mol. The van der Waals surface area contributed by atoms with Gasteiger partial charge in [-0.2, -0.15) is 0 Å². The van der Waals surface area contributed by atoms with Gasteiger partial charge in [-0.05, 0) is 100 Å². The summed E-state index contributed by atoms with van der Waals surface area (Å²) in [4.78, 5) is 27.2. The minimum atomic E-state index is -1.75. The molecule has 8 N–H and O–H groups in total. The van der Waals surface area contributed by atoms with Crippen LogP contribution in [0.1, 0.15) is 92.9 Å². The number of rotatable bonds is 11. The first-order chi connectivity index (χ1) is 30.7. The van der Waals surface area contributed by atoms with Crippen LogP contribution in [0.15, 0.2) is 11.6 Å². The van der Waals surface area contributed by atoms with Gasteiger partial charge < -0.3 is 83.5 Å². The van der Waals surface area contributed by atoms with Crippen LogP contribution in [0.3, 0.4) is 0 Å². The molecule has 19 nitrogen and oxygen atoms in total. The lowest BCUT2D eigenvalue weighted by Crippen LogP contribution is -2.66. The molecule has 0 aromatic rings. The van der Waals surface area contributed by atoms with Gasteiger partial charge in [-0.3, -0.25) is 4.79 Å². The van der Waals surface area contributed by atoms with Crippen LogP contribution in [0, 0.1) is 40.4 Å². The number of Topliss-reactive ketones (excluding diaryl/α,β-unsaturated/α-hetero) is 1. The van der Waals surface area contributed by atoms with Crippen LogP contribution in [-0.2, 0) is 52.2 Å². The monoisotopic (exact) mass is 928 g/mol. The van der Waals surface area contributed by atoms with Crippen LogP contribution < -0.4 is 0 Å². The van der Waals surface area contributed by atoms with Crippen LogP contribution in [0.2, 0.25) is 0 Å². The van der Waals surface area contributed by atoms with Crippen molar-refractivity contribution in [1.29, 1.82) is 0 Å². The number of hydrogen-bond donors (Lipinski definition) is 8. The van der Waals surface area contributed by atoms with Gasteiger partial charge in [0.15, 0.2) is 18.9 Å². The highest BCUT2D eigenvalue weighted by Gasteiger charge is 2.64. The first-order valence-corrected chi connectivity index (χ1v) is 23.6. The summed E-state index contributed by atoms with van der Waals surface area (Å²) in [5.74, 6) is -1.75. The number of hydrogen-bond acceptors (Lipinski definition) is 19. The largest absolute Gasteiger partial charge is 0.458 e. The van der Waals surface area contributed by atoms with Gasteiger partial charge in [0.25, 0.3) is 5.79 Å². The third kappa shape index (κ3) is 8.69. The predicted molar refractivity (Wildman–Crippen MR) is 222 cm³/mol. The van der Waals surface area contributed by atoms with Gasteiger partial charge in [-0.25, -0.2) is 4.79 Å². The van der Waals surface area contributed by atoms with E-state index in [0.29, 0.717) is 32.3 Å². The molecule has 0 amide bonds. The van der Waals surface area contributed by atoms with Crippen molar-refractivity contribution >= 4 is 11.8 Å². The molecule has 8 rings (SSSR count). The van der Waals surface area contributed by atoms with E-state index in [1.807, 2.05) is 6.92 Å². The average Bonchev–Trinajstić information content (AvgIpc) is 3.81. The minimum Gasteiger partial charge on any atom is -0.458 e. The van der Waals surface area contributed by atoms with Crippen LogP contribution in [0.5, 0.6) is 0 Å². The predicted octanol–water partition coefficient (Wildman–Crippen LogP) is -0.0361. The van der Waals surface area contributed by atoms with Crippen molar-refractivity contribution in [2.45, 2.75) is 203 Å². The topological polar surface area (TPSA) is 279 Å². The van der Waals surface area contributed by atoms with Gasteiger partial charge in [0, 0.05) is 13.5 Å². The van der Waals surface area contributed by atoms with E-state index in [-0.39, 0.29) is 40.3 Å². The Hall–Kier alpha value is -1.76. The summed E-state index contributed by atoms with van der Waals surface area (Å²) >= 11 is 0. The minimum absolute atomic E-state index is 0.00831. The lowest BCUT2D eigenvalue weighted by Gasteiger charge is -2.58. The molecule has 4 saturated heterocycles. The fraction of sp³-hybridized carbons (Fsp3) is 0.913. The molecule has 0 bridgehead atoms. The van der Waals surface area contributed by atoms with Crippen LogP contribution in [-0.4, -0.2) is 183 Å². The van der Waals surface area contributed by atoms with Gasteiger partial charge in [-0.15, -0.1) is 0 Å². The lowest BCUT2D eigenvalue weighted by atomic mass is 9.47. The molecule has 0 unspecified atom stereocenters. The zero-order chi connectivity index (χ0) is 47.1. The Balaban J connectivity index is 0.999. The Kier molecular flexibility index (Phi) is 14.4. The van der Waals surface area contributed by atoms with Crippen LogP contribution in [0.4, 0.5) is 0 Å². The maximum atomic E-state index is 13.7. The van der Waals surface area contributed by atoms with E-state index >= 15 is 0 Å². The molecule has 0 aromatic heterocycles. The molecule has 65 heavy (non-hydrogen) atoms. The maximum Gasteiger partial charge on any atom is 0.367 e. The third-order valence-corrected chi connectivity index (χ3v) is 16.9. The Bertz CT molecular complexity index is 1750. The zero-order valence-electron chi connectivity index (χ0n) is 38.4. The number of aliphatic hydroxyl groups excluding tert-OH is 8. The number of ether oxygens (including phenoxy) is 9. The molecule has 25 atom stereocenters. The van der Waals surface area contributed by atoms with Crippen molar-refractivity contribution in [3.8, 4) is 0 Å². The molecule has 19 heteroatoms. The Morgan fingerprint density at radius 2 is 1.40 bits per heavy atom. The summed E-state index contributed by atoms with van der Waals surface area (Å²) < 4.78 is 54.1. The van der Waals surface area contributed by atoms with Crippen molar-refractivity contribution in [3.63, 3.8) is 0 Å². The Labute approximate surface area is 379 Å². The van der Waals surface area contributed by atoms with Gasteiger partial charge in [0.05, 0.1) is 37.4 Å². The smallest absolute Gasteiger partial charge is 0.367 e. The van der Waals surface area contributed by atoms with Crippen molar-refractivity contribution in [2.24, 2.45) is 40.4 Å². The number of allylic oxidation sites excluding steroid dienone is 1. The molecule has 0 aromatic carbocycles. The number of fused-ring (bicyclic) bond motifs is 5. The summed E-state index contributed by atoms with van der Waals surface area (Å²) in [5, 5.41) is 85.9. The molecule has 4 aliphatic carbocycles. The summed E-state index contributed by atoms with van der Waals surface area (Å²) in [7, 11) is 1.45. The molecule has 0 radical (unpaired) electrons. The third-order valence-electron chi connectivity index (χ3n) is 16.9. The highest BCUT2D eigenvalue weighted by molar-refractivity contribution is 5.82. The van der Waals surface area contributed by atoms with E-state index in [0.717, 1.165) is 25.7 Å². The fourth-order valence-electron chi connectivity index (χ4n) is 13.2. The van der Waals surface area contributed by atoms with Crippen molar-refractivity contribution in [2.75, 3.05) is 20.3 Å². The number of carbonyl (C=O) groups is 2. The van der Waals surface area contributed by atoms with Gasteiger partial charge in [-0.1, -0.05) is 32.4 Å². The van der Waals surface area contributed by atoms with Crippen LogP contribution in [0.25, 0.3) is 0 Å². The summed E-state index contributed by atoms with van der Waals surface area (Å²) in [6.45, 7) is 10.7. The van der Waals surface area contributed by atoms with Crippen molar-refractivity contribution in [1.82, 2.24) is 0 Å². The average molecular weight is 929 g/mol. The van der Waals surface area contributed by atoms with E-state index in [9.17, 15) is 50.4 Å². The Morgan fingerprint density at radius 1 is 0.769 bits per heavy atom. The number of ketones is 1. The van der Waals surface area contributed by atoms with E-state index < -0.39 is 129 Å². The molecule has 0 spiro atoms. The van der Waals surface area contributed by atoms with Crippen molar-refractivity contribution < 1.29 is 93.1 Å².